The van der Waals surface area contributed by atoms with Crippen LogP contribution < -0.4 is 11.1 Å². The van der Waals surface area contributed by atoms with Crippen molar-refractivity contribution < 1.29 is 4.74 Å². The van der Waals surface area contributed by atoms with E-state index in [-0.39, 0.29) is 0 Å². The first kappa shape index (κ1) is 12.9. The molecule has 3 heteroatoms. The highest BCUT2D eigenvalue weighted by molar-refractivity contribution is 4.72. The summed E-state index contributed by atoms with van der Waals surface area (Å²) in [6.07, 6.45) is 6.15. The number of hydrogen-bond donors (Lipinski definition) is 2. The van der Waals surface area contributed by atoms with Crippen LogP contribution in [-0.4, -0.2) is 32.3 Å². The van der Waals surface area contributed by atoms with Gasteiger partial charge in [0.05, 0.1) is 6.61 Å². The molecule has 0 saturated heterocycles. The molecule has 0 bridgehead atoms. The summed E-state index contributed by atoms with van der Waals surface area (Å²) in [4.78, 5) is 0. The summed E-state index contributed by atoms with van der Waals surface area (Å²) in [6.45, 7) is 5.98. The average molecular weight is 214 g/mol. The van der Waals surface area contributed by atoms with Crippen LogP contribution in [0.3, 0.4) is 0 Å². The second-order valence-corrected chi connectivity index (χ2v) is 4.61. The second-order valence-electron chi connectivity index (χ2n) is 4.61. The van der Waals surface area contributed by atoms with Gasteiger partial charge in [-0.25, -0.2) is 0 Å². The molecule has 0 heterocycles. The highest BCUT2D eigenvalue weighted by Crippen LogP contribution is 2.28. The third kappa shape index (κ3) is 7.77. The summed E-state index contributed by atoms with van der Waals surface area (Å²) in [5, 5.41) is 3.36. The van der Waals surface area contributed by atoms with E-state index >= 15 is 0 Å². The molecule has 1 rings (SSSR count). The number of nitrogens with two attached hydrogens (primary N) is 1. The highest BCUT2D eigenvalue weighted by Gasteiger charge is 2.20. The monoisotopic (exact) mass is 214 g/mol. The zero-order chi connectivity index (χ0) is 10.9. The summed E-state index contributed by atoms with van der Waals surface area (Å²) in [5.74, 6) is 0.878. The maximum Gasteiger partial charge on any atom is 0.0591 e. The van der Waals surface area contributed by atoms with Gasteiger partial charge in [-0.15, -0.1) is 0 Å². The molecule has 0 spiro atoms. The molecule has 0 radical (unpaired) electrons. The largest absolute Gasteiger partial charge is 0.380 e. The van der Waals surface area contributed by atoms with Gasteiger partial charge in [-0.3, -0.25) is 0 Å². The van der Waals surface area contributed by atoms with Crippen LogP contribution in [0.5, 0.6) is 0 Å². The van der Waals surface area contributed by atoms with E-state index in [9.17, 15) is 0 Å². The predicted molar refractivity (Wildman–Crippen MR) is 63.9 cm³/mol. The Balaban J connectivity index is 1.72. The molecule has 1 saturated carbocycles. The van der Waals surface area contributed by atoms with Gasteiger partial charge in [-0.05, 0) is 38.1 Å². The van der Waals surface area contributed by atoms with E-state index in [2.05, 4.69) is 12.2 Å². The van der Waals surface area contributed by atoms with Crippen molar-refractivity contribution in [2.24, 2.45) is 11.7 Å². The number of rotatable bonds is 10. The summed E-state index contributed by atoms with van der Waals surface area (Å²) >= 11 is 0. The molecule has 0 aromatic carbocycles. The Kier molecular flexibility index (Phi) is 6.98. The first-order valence-electron chi connectivity index (χ1n) is 6.37. The second kappa shape index (κ2) is 8.08. The van der Waals surface area contributed by atoms with Gasteiger partial charge >= 0.3 is 0 Å². The van der Waals surface area contributed by atoms with Crippen LogP contribution in [0.15, 0.2) is 0 Å². The Morgan fingerprint density at radius 2 is 2.13 bits per heavy atom. The molecule has 0 aromatic heterocycles. The van der Waals surface area contributed by atoms with Crippen molar-refractivity contribution in [2.45, 2.75) is 45.1 Å². The first-order valence-corrected chi connectivity index (χ1v) is 6.37. The van der Waals surface area contributed by atoms with Gasteiger partial charge in [0.2, 0.25) is 0 Å². The third-order valence-corrected chi connectivity index (χ3v) is 2.83. The summed E-state index contributed by atoms with van der Waals surface area (Å²) in [7, 11) is 0. The van der Waals surface area contributed by atoms with E-state index in [1.807, 2.05) is 0 Å². The van der Waals surface area contributed by atoms with Gasteiger partial charge in [0, 0.05) is 19.2 Å². The van der Waals surface area contributed by atoms with Gasteiger partial charge in [-0.2, -0.15) is 0 Å². The smallest absolute Gasteiger partial charge is 0.0591 e. The van der Waals surface area contributed by atoms with Crippen molar-refractivity contribution in [3.63, 3.8) is 0 Å². The standard InChI is InChI=1S/C12H26N2O/c1-2-3-12(13)6-7-14-8-9-15-10-11-4-5-11/h11-12,14H,2-10,13H2,1H3. The van der Waals surface area contributed by atoms with Crippen molar-refractivity contribution >= 4 is 0 Å². The fraction of sp³-hybridized carbons (Fsp3) is 1.00. The van der Waals surface area contributed by atoms with Crippen LogP contribution >= 0.6 is 0 Å². The van der Waals surface area contributed by atoms with Gasteiger partial charge < -0.3 is 15.8 Å². The van der Waals surface area contributed by atoms with E-state index in [0.717, 1.165) is 45.1 Å². The Morgan fingerprint density at radius 1 is 1.33 bits per heavy atom. The molecule has 0 aromatic rings. The molecular weight excluding hydrogens is 188 g/mol. The van der Waals surface area contributed by atoms with Crippen LogP contribution in [0, 0.1) is 5.92 Å². The van der Waals surface area contributed by atoms with E-state index in [0.29, 0.717) is 6.04 Å². The maximum atomic E-state index is 5.90. The Hall–Kier alpha value is -0.120. The molecule has 1 fully saturated rings. The summed E-state index contributed by atoms with van der Waals surface area (Å²) in [5.41, 5.74) is 5.90. The van der Waals surface area contributed by atoms with Crippen LogP contribution in [0.4, 0.5) is 0 Å². The molecule has 3 nitrogen and oxygen atoms in total. The lowest BCUT2D eigenvalue weighted by Gasteiger charge is -2.10. The Labute approximate surface area is 93.8 Å². The molecule has 1 atom stereocenters. The summed E-state index contributed by atoms with van der Waals surface area (Å²) in [6, 6.07) is 0.370. The molecule has 90 valence electrons. The minimum atomic E-state index is 0.370. The molecule has 3 N–H and O–H groups in total. The van der Waals surface area contributed by atoms with Gasteiger partial charge in [-0.1, -0.05) is 13.3 Å². The molecule has 1 aliphatic rings. The fourth-order valence-electron chi connectivity index (χ4n) is 1.61. The zero-order valence-electron chi connectivity index (χ0n) is 10.0. The minimum absolute atomic E-state index is 0.370. The van der Waals surface area contributed by atoms with E-state index < -0.39 is 0 Å². The van der Waals surface area contributed by atoms with Crippen molar-refractivity contribution in [2.75, 3.05) is 26.3 Å². The van der Waals surface area contributed by atoms with Crippen LogP contribution in [0.1, 0.15) is 39.0 Å². The van der Waals surface area contributed by atoms with Crippen LogP contribution in [0.25, 0.3) is 0 Å². The molecule has 0 aliphatic heterocycles. The predicted octanol–water partition coefficient (Wildman–Crippen LogP) is 1.52. The van der Waals surface area contributed by atoms with E-state index in [1.54, 1.807) is 0 Å². The first-order chi connectivity index (χ1) is 7.33. The Morgan fingerprint density at radius 3 is 2.80 bits per heavy atom. The van der Waals surface area contributed by atoms with Gasteiger partial charge in [0.25, 0.3) is 0 Å². The minimum Gasteiger partial charge on any atom is -0.380 e. The number of nitrogens with one attached hydrogen (secondary N) is 1. The SMILES string of the molecule is CCCC(N)CCNCCOCC1CC1. The van der Waals surface area contributed by atoms with E-state index in [4.69, 9.17) is 10.5 Å². The zero-order valence-corrected chi connectivity index (χ0v) is 10.0. The lowest BCUT2D eigenvalue weighted by atomic mass is 10.1. The summed E-state index contributed by atoms with van der Waals surface area (Å²) < 4.78 is 5.52. The van der Waals surface area contributed by atoms with Crippen molar-refractivity contribution in [1.82, 2.24) is 5.32 Å². The third-order valence-electron chi connectivity index (χ3n) is 2.83. The molecular formula is C12H26N2O. The topological polar surface area (TPSA) is 47.3 Å². The van der Waals surface area contributed by atoms with Crippen molar-refractivity contribution in [3.8, 4) is 0 Å². The lowest BCUT2D eigenvalue weighted by Crippen LogP contribution is -2.28. The lowest BCUT2D eigenvalue weighted by molar-refractivity contribution is 0.126. The van der Waals surface area contributed by atoms with Crippen LogP contribution in [-0.2, 0) is 4.74 Å². The molecule has 1 aliphatic carbocycles. The fourth-order valence-corrected chi connectivity index (χ4v) is 1.61. The average Bonchev–Trinajstić information content (AvgIpc) is 3.00. The van der Waals surface area contributed by atoms with Gasteiger partial charge in [0.15, 0.2) is 0 Å². The van der Waals surface area contributed by atoms with Crippen molar-refractivity contribution in [3.05, 3.63) is 0 Å². The highest BCUT2D eigenvalue weighted by atomic mass is 16.5. The number of ether oxygens (including phenoxy) is 1. The Bertz CT molecular complexity index is 149. The van der Waals surface area contributed by atoms with Crippen LogP contribution in [0.2, 0.25) is 0 Å². The maximum absolute atomic E-state index is 5.90. The normalized spacial score (nSPS) is 18.0. The molecule has 1 unspecified atom stereocenters. The van der Waals surface area contributed by atoms with Gasteiger partial charge in [0.1, 0.15) is 0 Å². The molecule has 0 amide bonds. The number of hydrogen-bond acceptors (Lipinski definition) is 3. The van der Waals surface area contributed by atoms with Crippen molar-refractivity contribution in [1.29, 1.82) is 0 Å². The molecule has 15 heavy (non-hydrogen) atoms. The van der Waals surface area contributed by atoms with E-state index in [1.165, 1.54) is 19.3 Å². The quantitative estimate of drug-likeness (QED) is 0.542.